The zero-order valence-corrected chi connectivity index (χ0v) is 15.6. The van der Waals surface area contributed by atoms with Gasteiger partial charge in [-0.25, -0.2) is 4.98 Å². The third-order valence-electron chi connectivity index (χ3n) is 3.79. The number of aromatic nitrogens is 1. The van der Waals surface area contributed by atoms with E-state index in [0.717, 1.165) is 41.5 Å². The van der Waals surface area contributed by atoms with Gasteiger partial charge >= 0.3 is 0 Å². The molecule has 1 aliphatic rings. The lowest BCUT2D eigenvalue weighted by Gasteiger charge is -2.34. The molecular weight excluding hydrogens is 353 g/mol. The predicted molar refractivity (Wildman–Crippen MR) is 100 cm³/mol. The van der Waals surface area contributed by atoms with Crippen LogP contribution in [-0.4, -0.2) is 41.5 Å². The summed E-state index contributed by atoms with van der Waals surface area (Å²) in [6.45, 7) is 6.56. The number of aryl methyl sites for hydroxylation is 1. The average Bonchev–Trinajstić information content (AvgIpc) is 2.94. The molecule has 2 heterocycles. The highest BCUT2D eigenvalue weighted by molar-refractivity contribution is 7.09. The second kappa shape index (κ2) is 8.64. The summed E-state index contributed by atoms with van der Waals surface area (Å²) < 4.78 is 0. The largest absolute Gasteiger partial charge is 0.333 e. The number of piperazine rings is 1. The van der Waals surface area contributed by atoms with Crippen LogP contribution in [0.2, 0.25) is 0 Å². The quantitative estimate of drug-likeness (QED) is 0.877. The van der Waals surface area contributed by atoms with Crippen molar-refractivity contribution in [3.63, 3.8) is 0 Å². The summed E-state index contributed by atoms with van der Waals surface area (Å²) in [5.74, 6) is 0.109. The fourth-order valence-corrected chi connectivity index (χ4v) is 3.24. The summed E-state index contributed by atoms with van der Waals surface area (Å²) in [6, 6.07) is 8.01. The Bertz CT molecular complexity index is 662. The maximum atomic E-state index is 12.7. The van der Waals surface area contributed by atoms with Gasteiger partial charge in [0, 0.05) is 42.2 Å². The van der Waals surface area contributed by atoms with E-state index < -0.39 is 0 Å². The van der Waals surface area contributed by atoms with Gasteiger partial charge in [0.1, 0.15) is 0 Å². The molecule has 1 N–H and O–H groups in total. The lowest BCUT2D eigenvalue weighted by molar-refractivity contribution is 0.0656. The normalized spacial score (nSPS) is 17.1. The van der Waals surface area contributed by atoms with E-state index in [9.17, 15) is 4.79 Å². The summed E-state index contributed by atoms with van der Waals surface area (Å²) in [7, 11) is 0. The number of halogens is 2. The molecule has 1 fully saturated rings. The topological polar surface area (TPSA) is 45.2 Å². The van der Waals surface area contributed by atoms with Crippen LogP contribution in [0.4, 0.5) is 0 Å². The van der Waals surface area contributed by atoms with Gasteiger partial charge < -0.3 is 10.2 Å². The number of hydrogen-bond donors (Lipinski definition) is 1. The van der Waals surface area contributed by atoms with Gasteiger partial charge in [0.05, 0.1) is 10.7 Å². The Labute approximate surface area is 153 Å². The molecule has 1 saturated heterocycles. The number of hydrogen-bond acceptors (Lipinski definition) is 4. The van der Waals surface area contributed by atoms with Crippen LogP contribution in [0.1, 0.15) is 22.3 Å². The molecule has 0 radical (unpaired) electrons. The van der Waals surface area contributed by atoms with Gasteiger partial charge in [-0.3, -0.25) is 4.79 Å². The summed E-state index contributed by atoms with van der Waals surface area (Å²) in [5.41, 5.74) is 2.69. The first kappa shape index (κ1) is 19.9. The standard InChI is InChI=1S/C16H19N3OS.2ClH/c1-11-9-17-6-7-19(11)16(20)14-5-3-4-13(8-14)15-10-21-12(2)18-15;;/h3-5,8,10-11,17H,6-7,9H2,1-2H3;2*1H/t11-;;/m1../s1. The predicted octanol–water partition coefficient (Wildman–Crippen LogP) is 3.40. The molecule has 1 aromatic heterocycles. The minimum Gasteiger partial charge on any atom is -0.333 e. The molecule has 1 aliphatic heterocycles. The van der Waals surface area contributed by atoms with Gasteiger partial charge in [-0.1, -0.05) is 12.1 Å². The molecule has 0 unspecified atom stereocenters. The number of benzene rings is 1. The van der Waals surface area contributed by atoms with Crippen LogP contribution in [0, 0.1) is 6.92 Å². The van der Waals surface area contributed by atoms with Crippen LogP contribution < -0.4 is 5.32 Å². The van der Waals surface area contributed by atoms with Crippen molar-refractivity contribution in [2.45, 2.75) is 19.9 Å². The molecular formula is C16H21Cl2N3OS. The Morgan fingerprint density at radius 3 is 2.83 bits per heavy atom. The van der Waals surface area contributed by atoms with Crippen LogP contribution in [0.25, 0.3) is 11.3 Å². The molecule has 0 bridgehead atoms. The maximum Gasteiger partial charge on any atom is 0.254 e. The summed E-state index contributed by atoms with van der Waals surface area (Å²) in [6.07, 6.45) is 0. The van der Waals surface area contributed by atoms with Crippen molar-refractivity contribution in [3.8, 4) is 11.3 Å². The molecule has 4 nitrogen and oxygen atoms in total. The third-order valence-corrected chi connectivity index (χ3v) is 4.56. The average molecular weight is 374 g/mol. The van der Waals surface area contributed by atoms with E-state index in [1.807, 2.05) is 41.5 Å². The smallest absolute Gasteiger partial charge is 0.254 e. The number of rotatable bonds is 2. The van der Waals surface area contributed by atoms with Gasteiger partial charge in [-0.05, 0) is 26.0 Å². The van der Waals surface area contributed by atoms with Crippen LogP contribution in [0.3, 0.4) is 0 Å². The van der Waals surface area contributed by atoms with Crippen LogP contribution in [-0.2, 0) is 0 Å². The molecule has 23 heavy (non-hydrogen) atoms. The fraction of sp³-hybridized carbons (Fsp3) is 0.375. The van der Waals surface area contributed by atoms with Crippen molar-refractivity contribution in [1.82, 2.24) is 15.2 Å². The van der Waals surface area contributed by atoms with Gasteiger partial charge in [-0.2, -0.15) is 0 Å². The Hall–Kier alpha value is -1.14. The molecule has 7 heteroatoms. The Kier molecular flexibility index (Phi) is 7.48. The van der Waals surface area contributed by atoms with Gasteiger partial charge in [-0.15, -0.1) is 36.2 Å². The molecule has 0 aliphatic carbocycles. The van der Waals surface area contributed by atoms with E-state index in [0.29, 0.717) is 0 Å². The van der Waals surface area contributed by atoms with Crippen LogP contribution >= 0.6 is 36.2 Å². The molecule has 3 rings (SSSR count). The summed E-state index contributed by atoms with van der Waals surface area (Å²) in [5, 5.41) is 6.38. The van der Waals surface area contributed by atoms with Crippen molar-refractivity contribution < 1.29 is 4.79 Å². The summed E-state index contributed by atoms with van der Waals surface area (Å²) in [4.78, 5) is 19.1. The maximum absolute atomic E-state index is 12.7. The molecule has 1 aromatic carbocycles. The lowest BCUT2D eigenvalue weighted by atomic mass is 10.1. The Morgan fingerprint density at radius 1 is 1.39 bits per heavy atom. The Morgan fingerprint density at radius 2 is 2.17 bits per heavy atom. The number of thiazole rings is 1. The minimum atomic E-state index is 0. The van der Waals surface area contributed by atoms with Crippen LogP contribution in [0.15, 0.2) is 29.6 Å². The number of carbonyl (C=O) groups is 1. The zero-order chi connectivity index (χ0) is 14.8. The molecule has 2 aromatic rings. The first-order valence-corrected chi connectivity index (χ1v) is 8.07. The molecule has 0 saturated carbocycles. The highest BCUT2D eigenvalue weighted by Crippen LogP contribution is 2.23. The van der Waals surface area contributed by atoms with E-state index in [4.69, 9.17) is 0 Å². The van der Waals surface area contributed by atoms with Crippen molar-refractivity contribution in [2.75, 3.05) is 19.6 Å². The third kappa shape index (κ3) is 4.44. The number of amides is 1. The van der Waals surface area contributed by atoms with E-state index >= 15 is 0 Å². The fourth-order valence-electron chi connectivity index (χ4n) is 2.62. The van der Waals surface area contributed by atoms with E-state index in [1.165, 1.54) is 0 Å². The second-order valence-corrected chi connectivity index (χ2v) is 6.45. The number of nitrogens with one attached hydrogen (secondary N) is 1. The molecule has 1 atom stereocenters. The molecule has 0 spiro atoms. The lowest BCUT2D eigenvalue weighted by Crippen LogP contribution is -2.52. The van der Waals surface area contributed by atoms with E-state index in [2.05, 4.69) is 17.2 Å². The van der Waals surface area contributed by atoms with E-state index in [1.54, 1.807) is 11.3 Å². The van der Waals surface area contributed by atoms with Crippen molar-refractivity contribution in [1.29, 1.82) is 0 Å². The monoisotopic (exact) mass is 373 g/mol. The van der Waals surface area contributed by atoms with Gasteiger partial charge in [0.2, 0.25) is 0 Å². The zero-order valence-electron chi connectivity index (χ0n) is 13.1. The number of carbonyl (C=O) groups excluding carboxylic acids is 1. The highest BCUT2D eigenvalue weighted by Gasteiger charge is 2.24. The van der Waals surface area contributed by atoms with E-state index in [-0.39, 0.29) is 36.8 Å². The first-order valence-electron chi connectivity index (χ1n) is 7.19. The Balaban J connectivity index is 0.00000132. The molecule has 1 amide bonds. The van der Waals surface area contributed by atoms with Gasteiger partial charge in [0.25, 0.3) is 5.91 Å². The number of nitrogens with zero attached hydrogens (tertiary/aromatic N) is 2. The van der Waals surface area contributed by atoms with Gasteiger partial charge in [0.15, 0.2) is 0 Å². The van der Waals surface area contributed by atoms with Crippen molar-refractivity contribution in [2.24, 2.45) is 0 Å². The minimum absolute atomic E-state index is 0. The first-order chi connectivity index (χ1) is 10.1. The second-order valence-electron chi connectivity index (χ2n) is 5.38. The van der Waals surface area contributed by atoms with Crippen LogP contribution in [0.5, 0.6) is 0 Å². The summed E-state index contributed by atoms with van der Waals surface area (Å²) >= 11 is 1.63. The SMILES string of the molecule is Cc1nc(-c2cccc(C(=O)N3CCNC[C@H]3C)c2)cs1.Cl.Cl. The van der Waals surface area contributed by atoms with Crippen molar-refractivity contribution >= 4 is 42.1 Å². The highest BCUT2D eigenvalue weighted by atomic mass is 35.5. The molecule has 126 valence electrons. The van der Waals surface area contributed by atoms with Crippen molar-refractivity contribution in [3.05, 3.63) is 40.2 Å².